The highest BCUT2D eigenvalue weighted by molar-refractivity contribution is 9.10. The van der Waals surface area contributed by atoms with Gasteiger partial charge in [0.05, 0.1) is 0 Å². The normalized spacial score (nSPS) is 10.4. The van der Waals surface area contributed by atoms with Gasteiger partial charge in [-0.1, -0.05) is 34.1 Å². The van der Waals surface area contributed by atoms with E-state index in [4.69, 9.17) is 5.73 Å². The third-order valence-corrected chi connectivity index (χ3v) is 3.25. The molecule has 0 unspecified atom stereocenters. The molecule has 1 aromatic carbocycles. The molecule has 2 rings (SSSR count). The second-order valence-electron chi connectivity index (χ2n) is 4.18. The Labute approximate surface area is 116 Å². The zero-order valence-electron chi connectivity index (χ0n) is 10.3. The number of anilines is 1. The van der Waals surface area contributed by atoms with E-state index in [0.717, 1.165) is 22.4 Å². The molecule has 0 atom stereocenters. The zero-order valence-corrected chi connectivity index (χ0v) is 11.9. The van der Waals surface area contributed by atoms with E-state index in [1.807, 2.05) is 31.3 Å². The van der Waals surface area contributed by atoms with Crippen molar-refractivity contribution in [2.45, 2.75) is 13.1 Å². The monoisotopic (exact) mass is 305 g/mol. The molecule has 18 heavy (non-hydrogen) atoms. The lowest BCUT2D eigenvalue weighted by molar-refractivity contribution is 0.876. The first kappa shape index (κ1) is 13.1. The Hall–Kier alpha value is -1.39. The Morgan fingerprint density at radius 2 is 2.11 bits per heavy atom. The molecule has 2 aromatic rings. The van der Waals surface area contributed by atoms with E-state index < -0.39 is 0 Å². The number of pyridine rings is 1. The van der Waals surface area contributed by atoms with Gasteiger partial charge < -0.3 is 10.6 Å². The second kappa shape index (κ2) is 5.98. The van der Waals surface area contributed by atoms with Crippen molar-refractivity contribution in [1.29, 1.82) is 0 Å². The van der Waals surface area contributed by atoms with Gasteiger partial charge in [-0.15, -0.1) is 0 Å². The van der Waals surface area contributed by atoms with Crippen LogP contribution in [0.15, 0.2) is 47.1 Å². The Morgan fingerprint density at radius 3 is 2.83 bits per heavy atom. The van der Waals surface area contributed by atoms with Gasteiger partial charge in [0.1, 0.15) is 5.82 Å². The van der Waals surface area contributed by atoms with E-state index in [1.54, 1.807) is 6.20 Å². The Bertz CT molecular complexity index is 528. The molecular weight excluding hydrogens is 290 g/mol. The molecule has 1 heterocycles. The highest BCUT2D eigenvalue weighted by atomic mass is 79.9. The first-order valence-corrected chi connectivity index (χ1v) is 6.59. The minimum atomic E-state index is 0.506. The number of aromatic nitrogens is 1. The van der Waals surface area contributed by atoms with E-state index in [2.05, 4.69) is 37.9 Å². The van der Waals surface area contributed by atoms with Gasteiger partial charge in [-0.2, -0.15) is 0 Å². The first-order chi connectivity index (χ1) is 8.70. The SMILES string of the molecule is CN(Cc1cccc(Br)c1)c1ncccc1CN. The van der Waals surface area contributed by atoms with Crippen molar-refractivity contribution in [3.05, 3.63) is 58.2 Å². The first-order valence-electron chi connectivity index (χ1n) is 5.80. The molecule has 1 aromatic heterocycles. The molecule has 0 spiro atoms. The number of benzene rings is 1. The van der Waals surface area contributed by atoms with Crippen LogP contribution in [0.2, 0.25) is 0 Å². The Morgan fingerprint density at radius 1 is 1.28 bits per heavy atom. The van der Waals surface area contributed by atoms with Crippen LogP contribution in [0.3, 0.4) is 0 Å². The van der Waals surface area contributed by atoms with Crippen molar-refractivity contribution >= 4 is 21.7 Å². The van der Waals surface area contributed by atoms with Crippen molar-refractivity contribution in [3.63, 3.8) is 0 Å². The molecule has 0 fully saturated rings. The maximum absolute atomic E-state index is 5.73. The summed E-state index contributed by atoms with van der Waals surface area (Å²) in [5.74, 6) is 0.944. The summed E-state index contributed by atoms with van der Waals surface area (Å²) in [4.78, 5) is 6.52. The minimum absolute atomic E-state index is 0.506. The lowest BCUT2D eigenvalue weighted by Crippen LogP contribution is -2.20. The van der Waals surface area contributed by atoms with Crippen LogP contribution >= 0.6 is 15.9 Å². The summed E-state index contributed by atoms with van der Waals surface area (Å²) in [6, 6.07) is 12.2. The van der Waals surface area contributed by atoms with E-state index in [-0.39, 0.29) is 0 Å². The van der Waals surface area contributed by atoms with Gasteiger partial charge in [0, 0.05) is 36.4 Å². The van der Waals surface area contributed by atoms with Gasteiger partial charge in [-0.3, -0.25) is 0 Å². The van der Waals surface area contributed by atoms with Crippen LogP contribution in [0, 0.1) is 0 Å². The smallest absolute Gasteiger partial charge is 0.133 e. The average molecular weight is 306 g/mol. The number of halogens is 1. The summed E-state index contributed by atoms with van der Waals surface area (Å²) >= 11 is 3.48. The fourth-order valence-corrected chi connectivity index (χ4v) is 2.36. The van der Waals surface area contributed by atoms with Crippen molar-refractivity contribution in [2.75, 3.05) is 11.9 Å². The van der Waals surface area contributed by atoms with Crippen LogP contribution < -0.4 is 10.6 Å². The minimum Gasteiger partial charge on any atom is -0.355 e. The van der Waals surface area contributed by atoms with Gasteiger partial charge in [-0.05, 0) is 23.8 Å². The zero-order chi connectivity index (χ0) is 13.0. The lowest BCUT2D eigenvalue weighted by Gasteiger charge is -2.20. The number of nitrogens with zero attached hydrogens (tertiary/aromatic N) is 2. The van der Waals surface area contributed by atoms with Gasteiger partial charge in [0.25, 0.3) is 0 Å². The summed E-state index contributed by atoms with van der Waals surface area (Å²) in [5, 5.41) is 0. The predicted molar refractivity (Wildman–Crippen MR) is 78.4 cm³/mol. The third-order valence-electron chi connectivity index (χ3n) is 2.76. The fourth-order valence-electron chi connectivity index (χ4n) is 1.92. The van der Waals surface area contributed by atoms with Crippen LogP contribution in [0.25, 0.3) is 0 Å². The Balaban J connectivity index is 2.19. The number of hydrogen-bond donors (Lipinski definition) is 1. The van der Waals surface area contributed by atoms with E-state index in [0.29, 0.717) is 6.54 Å². The summed E-state index contributed by atoms with van der Waals surface area (Å²) in [6.07, 6.45) is 1.80. The number of rotatable bonds is 4. The topological polar surface area (TPSA) is 42.2 Å². The van der Waals surface area contributed by atoms with Crippen molar-refractivity contribution in [1.82, 2.24) is 4.98 Å². The summed E-state index contributed by atoms with van der Waals surface area (Å²) in [6.45, 7) is 1.31. The maximum atomic E-state index is 5.73. The molecule has 4 heteroatoms. The Kier molecular flexibility index (Phi) is 4.33. The number of hydrogen-bond acceptors (Lipinski definition) is 3. The highest BCUT2D eigenvalue weighted by Crippen LogP contribution is 2.19. The molecule has 3 nitrogen and oxygen atoms in total. The van der Waals surface area contributed by atoms with Gasteiger partial charge in [0.15, 0.2) is 0 Å². The van der Waals surface area contributed by atoms with Crippen LogP contribution in [0.1, 0.15) is 11.1 Å². The van der Waals surface area contributed by atoms with Crippen LogP contribution in [0.4, 0.5) is 5.82 Å². The predicted octanol–water partition coefficient (Wildman–Crippen LogP) is 2.94. The largest absolute Gasteiger partial charge is 0.355 e. The summed E-state index contributed by atoms with van der Waals surface area (Å²) in [7, 11) is 2.03. The van der Waals surface area contributed by atoms with Crippen LogP contribution in [-0.4, -0.2) is 12.0 Å². The van der Waals surface area contributed by atoms with Crippen molar-refractivity contribution in [3.8, 4) is 0 Å². The average Bonchev–Trinajstić information content (AvgIpc) is 2.38. The molecule has 0 aliphatic carbocycles. The van der Waals surface area contributed by atoms with Crippen molar-refractivity contribution < 1.29 is 0 Å². The van der Waals surface area contributed by atoms with Gasteiger partial charge in [-0.25, -0.2) is 4.98 Å². The third kappa shape index (κ3) is 3.09. The molecule has 0 bridgehead atoms. The van der Waals surface area contributed by atoms with E-state index in [1.165, 1.54) is 5.56 Å². The highest BCUT2D eigenvalue weighted by Gasteiger charge is 2.08. The molecule has 0 saturated carbocycles. The quantitative estimate of drug-likeness (QED) is 0.944. The van der Waals surface area contributed by atoms with Crippen LogP contribution in [-0.2, 0) is 13.1 Å². The van der Waals surface area contributed by atoms with Gasteiger partial charge >= 0.3 is 0 Å². The van der Waals surface area contributed by atoms with Gasteiger partial charge in [0.2, 0.25) is 0 Å². The molecule has 0 amide bonds. The molecule has 0 aliphatic rings. The van der Waals surface area contributed by atoms with Crippen LogP contribution in [0.5, 0.6) is 0 Å². The molecular formula is C14H16BrN3. The van der Waals surface area contributed by atoms with E-state index >= 15 is 0 Å². The number of nitrogens with two attached hydrogens (primary N) is 1. The lowest BCUT2D eigenvalue weighted by atomic mass is 10.2. The summed E-state index contributed by atoms with van der Waals surface area (Å²) < 4.78 is 1.09. The summed E-state index contributed by atoms with van der Waals surface area (Å²) in [5.41, 5.74) is 8.03. The molecule has 2 N–H and O–H groups in total. The fraction of sp³-hybridized carbons (Fsp3) is 0.214. The molecule has 0 radical (unpaired) electrons. The molecule has 0 saturated heterocycles. The maximum Gasteiger partial charge on any atom is 0.133 e. The molecule has 94 valence electrons. The van der Waals surface area contributed by atoms with Crippen molar-refractivity contribution in [2.24, 2.45) is 5.73 Å². The van der Waals surface area contributed by atoms with E-state index in [9.17, 15) is 0 Å². The second-order valence-corrected chi connectivity index (χ2v) is 5.09. The standard InChI is InChI=1S/C14H16BrN3/c1-18(10-11-4-2-6-13(15)8-11)14-12(9-16)5-3-7-17-14/h2-8H,9-10,16H2,1H3. The molecule has 0 aliphatic heterocycles.